The number of fused-ring (bicyclic) bond motifs is 2. The molecule has 120 valence electrons. The predicted molar refractivity (Wildman–Crippen MR) is 79.2 cm³/mol. The number of carbonyl (C=O) groups excluding carboxylic acids is 3. The van der Waals surface area contributed by atoms with Crippen molar-refractivity contribution in [2.75, 3.05) is 19.6 Å². The van der Waals surface area contributed by atoms with E-state index in [4.69, 9.17) is 0 Å². The van der Waals surface area contributed by atoms with E-state index >= 15 is 0 Å². The molecule has 0 saturated carbocycles. The van der Waals surface area contributed by atoms with Gasteiger partial charge in [-0.1, -0.05) is 0 Å². The highest BCUT2D eigenvalue weighted by Crippen LogP contribution is 2.30. The van der Waals surface area contributed by atoms with Crippen molar-refractivity contribution in [3.05, 3.63) is 0 Å². The van der Waals surface area contributed by atoms with Crippen LogP contribution in [0.2, 0.25) is 0 Å². The fraction of sp³-hybridized carbons (Fsp3) is 0.769. The number of nitrogens with one attached hydrogen (secondary N) is 1. The lowest BCUT2D eigenvalue weighted by Gasteiger charge is -2.29. The maximum Gasteiger partial charge on any atom is 0.344 e. The predicted octanol–water partition coefficient (Wildman–Crippen LogP) is -1.23. The number of hydrogen-bond acceptors (Lipinski definition) is 5. The summed E-state index contributed by atoms with van der Waals surface area (Å²) >= 11 is 0. The van der Waals surface area contributed by atoms with Gasteiger partial charge in [-0.25, -0.2) is 9.86 Å². The lowest BCUT2D eigenvalue weighted by Crippen LogP contribution is -2.52. The van der Waals surface area contributed by atoms with Crippen LogP contribution >= 0.6 is 0 Å². The zero-order valence-corrected chi connectivity index (χ0v) is 12.5. The first-order valence-electron chi connectivity index (χ1n) is 7.85. The summed E-state index contributed by atoms with van der Waals surface area (Å²) in [6.07, 6.45) is 4.04. The first-order valence-corrected chi connectivity index (χ1v) is 7.85. The zero-order chi connectivity index (χ0) is 15.7. The second-order valence-electron chi connectivity index (χ2n) is 6.29. The van der Waals surface area contributed by atoms with Crippen molar-refractivity contribution >= 4 is 25.5 Å². The standard InChI is InChI=1S/C13H21BN4O4/c19-8-14-16-4-1-2-9(3-5-16)15-12(20)11-6-10-7-17(11)13(21)18(10)22/h8-11,14,22H,1-7H2,(H,15,20)/t9-,10+,11-/m0/s1. The van der Waals surface area contributed by atoms with Crippen molar-refractivity contribution in [3.8, 4) is 0 Å². The van der Waals surface area contributed by atoms with E-state index in [1.165, 1.54) is 4.90 Å². The molecule has 0 radical (unpaired) electrons. The summed E-state index contributed by atoms with van der Waals surface area (Å²) in [5, 5.41) is 13.3. The third kappa shape index (κ3) is 2.82. The highest BCUT2D eigenvalue weighted by atomic mass is 16.5. The summed E-state index contributed by atoms with van der Waals surface area (Å²) in [4.78, 5) is 38.2. The van der Waals surface area contributed by atoms with E-state index in [1.54, 1.807) is 0 Å². The summed E-state index contributed by atoms with van der Waals surface area (Å²) in [7, 11) is 0.444. The summed E-state index contributed by atoms with van der Waals surface area (Å²) in [5.41, 5.74) is 0. The van der Waals surface area contributed by atoms with Gasteiger partial charge in [0, 0.05) is 19.0 Å². The van der Waals surface area contributed by atoms with Gasteiger partial charge in [0.1, 0.15) is 6.04 Å². The zero-order valence-electron chi connectivity index (χ0n) is 12.5. The van der Waals surface area contributed by atoms with E-state index in [1.807, 2.05) is 0 Å². The molecule has 2 N–H and O–H groups in total. The molecule has 22 heavy (non-hydrogen) atoms. The van der Waals surface area contributed by atoms with Gasteiger partial charge in [0.15, 0.2) is 0 Å². The molecule has 9 heteroatoms. The van der Waals surface area contributed by atoms with Crippen molar-refractivity contribution in [1.29, 1.82) is 0 Å². The molecule has 3 fully saturated rings. The fourth-order valence-electron chi connectivity index (χ4n) is 3.62. The minimum absolute atomic E-state index is 0.0878. The van der Waals surface area contributed by atoms with E-state index in [2.05, 4.69) is 10.1 Å². The van der Waals surface area contributed by atoms with Crippen LogP contribution in [-0.4, -0.2) is 83.3 Å². The van der Waals surface area contributed by atoms with Gasteiger partial charge in [-0.2, -0.15) is 0 Å². The molecule has 0 aromatic heterocycles. The van der Waals surface area contributed by atoms with Gasteiger partial charge in [0.2, 0.25) is 5.91 Å². The first-order chi connectivity index (χ1) is 10.6. The average Bonchev–Trinajstić information content (AvgIpc) is 2.96. The van der Waals surface area contributed by atoms with E-state index < -0.39 is 12.1 Å². The van der Waals surface area contributed by atoms with Crippen LogP contribution in [0.15, 0.2) is 0 Å². The quantitative estimate of drug-likeness (QED) is 0.385. The smallest absolute Gasteiger partial charge is 0.344 e. The van der Waals surface area contributed by atoms with Crippen molar-refractivity contribution in [3.63, 3.8) is 0 Å². The van der Waals surface area contributed by atoms with Crippen LogP contribution in [0.3, 0.4) is 0 Å². The van der Waals surface area contributed by atoms with Crippen LogP contribution in [0.25, 0.3) is 0 Å². The Hall–Kier alpha value is -1.61. The largest absolute Gasteiger partial charge is 0.352 e. The number of carbonyl (C=O) groups is 3. The monoisotopic (exact) mass is 308 g/mol. The lowest BCUT2D eigenvalue weighted by molar-refractivity contribution is -0.128. The van der Waals surface area contributed by atoms with Crippen molar-refractivity contribution < 1.29 is 19.6 Å². The third-order valence-electron chi connectivity index (χ3n) is 4.87. The number of rotatable bonds is 4. The Kier molecular flexibility index (Phi) is 4.35. The Balaban J connectivity index is 1.52. The van der Waals surface area contributed by atoms with E-state index in [9.17, 15) is 19.6 Å². The minimum Gasteiger partial charge on any atom is -0.352 e. The minimum atomic E-state index is -0.477. The molecule has 3 aliphatic rings. The van der Waals surface area contributed by atoms with Crippen LogP contribution in [-0.2, 0) is 9.59 Å². The van der Waals surface area contributed by atoms with Crippen LogP contribution in [0.4, 0.5) is 4.79 Å². The lowest BCUT2D eigenvalue weighted by atomic mass is 9.94. The van der Waals surface area contributed by atoms with Crippen molar-refractivity contribution in [2.24, 2.45) is 0 Å². The van der Waals surface area contributed by atoms with Gasteiger partial charge in [-0.15, -0.1) is 0 Å². The highest BCUT2D eigenvalue weighted by Gasteiger charge is 2.51. The van der Waals surface area contributed by atoms with Crippen LogP contribution in [0.5, 0.6) is 0 Å². The van der Waals surface area contributed by atoms with Gasteiger partial charge in [0.25, 0.3) is 7.41 Å². The van der Waals surface area contributed by atoms with Crippen molar-refractivity contribution in [2.45, 2.75) is 43.8 Å². The molecule has 3 amide bonds. The van der Waals surface area contributed by atoms with Crippen LogP contribution in [0, 0.1) is 0 Å². The van der Waals surface area contributed by atoms with Crippen LogP contribution in [0.1, 0.15) is 25.7 Å². The van der Waals surface area contributed by atoms with Gasteiger partial charge in [0.05, 0.1) is 12.2 Å². The molecule has 3 saturated heterocycles. The van der Waals surface area contributed by atoms with E-state index in [-0.39, 0.29) is 18.0 Å². The summed E-state index contributed by atoms with van der Waals surface area (Å²) in [6.45, 7) is 2.09. The Morgan fingerprint density at radius 1 is 1.36 bits per heavy atom. The van der Waals surface area contributed by atoms with Crippen molar-refractivity contribution in [1.82, 2.24) is 20.1 Å². The molecular weight excluding hydrogens is 287 g/mol. The Bertz CT molecular complexity index is 477. The summed E-state index contributed by atoms with van der Waals surface area (Å²) in [6, 6.07) is -1.12. The topological polar surface area (TPSA) is 93.2 Å². The molecule has 3 atom stereocenters. The molecule has 0 unspecified atom stereocenters. The normalized spacial score (nSPS) is 32.0. The Morgan fingerprint density at radius 3 is 2.86 bits per heavy atom. The Morgan fingerprint density at radius 2 is 2.18 bits per heavy atom. The van der Waals surface area contributed by atoms with Crippen LogP contribution < -0.4 is 5.32 Å². The number of urea groups is 1. The number of hydroxylamine groups is 2. The summed E-state index contributed by atoms with van der Waals surface area (Å²) in [5.74, 6) is -0.127. The third-order valence-corrected chi connectivity index (χ3v) is 4.87. The molecule has 3 heterocycles. The second-order valence-corrected chi connectivity index (χ2v) is 6.29. The molecular formula is C13H21BN4O4. The Labute approximate surface area is 129 Å². The molecule has 0 aromatic rings. The van der Waals surface area contributed by atoms with E-state index in [0.717, 1.165) is 43.6 Å². The van der Waals surface area contributed by atoms with Gasteiger partial charge in [-0.05, 0) is 32.4 Å². The molecule has 3 aliphatic heterocycles. The molecule has 0 aromatic carbocycles. The molecule has 0 spiro atoms. The number of nitrogens with zero attached hydrogens (tertiary/aromatic N) is 3. The molecule has 8 nitrogen and oxygen atoms in total. The maximum atomic E-state index is 12.4. The summed E-state index contributed by atoms with van der Waals surface area (Å²) < 4.78 is 0. The number of amides is 3. The maximum absolute atomic E-state index is 12.4. The fourth-order valence-corrected chi connectivity index (χ4v) is 3.62. The number of hydrogen-bond donors (Lipinski definition) is 2. The van der Waals surface area contributed by atoms with Gasteiger partial charge < -0.3 is 19.8 Å². The average molecular weight is 308 g/mol. The first kappa shape index (κ1) is 15.3. The highest BCUT2D eigenvalue weighted by molar-refractivity contribution is 6.64. The molecule has 0 aliphatic carbocycles. The SMILES string of the molecule is O=CBN1CCC[C@H](NC(=O)[C@@H]2C[C@@H]3CN2C(=O)N3O)CC1. The van der Waals surface area contributed by atoms with Gasteiger partial charge >= 0.3 is 6.03 Å². The van der Waals surface area contributed by atoms with E-state index in [0.29, 0.717) is 20.4 Å². The second kappa shape index (κ2) is 6.25. The van der Waals surface area contributed by atoms with Gasteiger partial charge in [-0.3, -0.25) is 10.0 Å². The molecule has 3 rings (SSSR count). The molecule has 2 bridgehead atoms.